The summed E-state index contributed by atoms with van der Waals surface area (Å²) in [5.74, 6) is 0. The van der Waals surface area contributed by atoms with E-state index in [1.807, 2.05) is 24.5 Å². The van der Waals surface area contributed by atoms with Gasteiger partial charge in [0.1, 0.15) is 0 Å². The van der Waals surface area contributed by atoms with Crippen molar-refractivity contribution >= 4 is 21.6 Å². The van der Waals surface area contributed by atoms with Crippen molar-refractivity contribution in [2.45, 2.75) is 33.0 Å². The van der Waals surface area contributed by atoms with Gasteiger partial charge in [0, 0.05) is 43.0 Å². The number of anilines is 1. The lowest BCUT2D eigenvalue weighted by molar-refractivity contribution is 0.589. The minimum atomic E-state index is 0.498. The van der Waals surface area contributed by atoms with E-state index in [0.717, 1.165) is 17.6 Å². The first-order valence-electron chi connectivity index (χ1n) is 7.18. The van der Waals surface area contributed by atoms with Crippen molar-refractivity contribution in [2.24, 2.45) is 0 Å². The maximum absolute atomic E-state index is 4.05. The lowest BCUT2D eigenvalue weighted by Gasteiger charge is -2.21. The molecule has 2 rings (SSSR count). The minimum Gasteiger partial charge on any atom is -0.369 e. The molecule has 3 nitrogen and oxygen atoms in total. The zero-order chi connectivity index (χ0) is 15.2. The fourth-order valence-corrected chi connectivity index (χ4v) is 2.87. The summed E-state index contributed by atoms with van der Waals surface area (Å²) >= 11 is 3.69. The molecule has 1 heterocycles. The number of halogens is 1. The van der Waals surface area contributed by atoms with E-state index in [2.05, 4.69) is 70.2 Å². The van der Waals surface area contributed by atoms with Crippen LogP contribution in [-0.4, -0.2) is 18.1 Å². The maximum Gasteiger partial charge on any atom is 0.0511 e. The molecule has 0 radical (unpaired) electrons. The molecule has 0 aliphatic carbocycles. The van der Waals surface area contributed by atoms with Crippen molar-refractivity contribution in [3.63, 3.8) is 0 Å². The van der Waals surface area contributed by atoms with Crippen LogP contribution in [0.2, 0.25) is 0 Å². The zero-order valence-corrected chi connectivity index (χ0v) is 14.4. The van der Waals surface area contributed by atoms with E-state index in [1.165, 1.54) is 16.8 Å². The van der Waals surface area contributed by atoms with Crippen LogP contribution in [0.5, 0.6) is 0 Å². The molecule has 2 aromatic rings. The Hall–Kier alpha value is -1.39. The van der Waals surface area contributed by atoms with Crippen molar-refractivity contribution in [3.8, 4) is 0 Å². The predicted octanol–water partition coefficient (Wildman–Crippen LogP) is 3.98. The summed E-state index contributed by atoms with van der Waals surface area (Å²) in [5.41, 5.74) is 3.74. The molecule has 112 valence electrons. The van der Waals surface area contributed by atoms with E-state index >= 15 is 0 Å². The summed E-state index contributed by atoms with van der Waals surface area (Å²) in [6.07, 6.45) is 3.66. The summed E-state index contributed by atoms with van der Waals surface area (Å²) in [6.45, 7) is 6.08. The van der Waals surface area contributed by atoms with E-state index in [4.69, 9.17) is 0 Å². The van der Waals surface area contributed by atoms with Crippen molar-refractivity contribution < 1.29 is 0 Å². The number of benzene rings is 1. The van der Waals surface area contributed by atoms with Gasteiger partial charge < -0.3 is 10.2 Å². The molecule has 0 aliphatic heterocycles. The molecule has 21 heavy (non-hydrogen) atoms. The normalized spacial score (nSPS) is 10.9. The molecule has 0 fully saturated rings. The quantitative estimate of drug-likeness (QED) is 0.856. The largest absolute Gasteiger partial charge is 0.369 e. The molecule has 0 saturated heterocycles. The molecule has 0 bridgehead atoms. The molecule has 0 atom stereocenters. The molecule has 0 spiro atoms. The van der Waals surface area contributed by atoms with Crippen molar-refractivity contribution in [3.05, 3.63) is 58.3 Å². The van der Waals surface area contributed by atoms with Gasteiger partial charge in [-0.25, -0.2) is 0 Å². The number of aromatic nitrogens is 1. The van der Waals surface area contributed by atoms with E-state index < -0.39 is 0 Å². The SMILES string of the molecule is CC(C)NCc1ccc(N(C)Cc2ccncc2)c(Br)c1. The van der Waals surface area contributed by atoms with Gasteiger partial charge in [-0.15, -0.1) is 0 Å². The Labute approximate surface area is 135 Å². The first-order chi connectivity index (χ1) is 10.1. The molecule has 0 amide bonds. The number of pyridine rings is 1. The second-order valence-electron chi connectivity index (χ2n) is 5.53. The van der Waals surface area contributed by atoms with Gasteiger partial charge in [-0.3, -0.25) is 4.98 Å². The number of rotatable bonds is 6. The third-order valence-corrected chi connectivity index (χ3v) is 3.94. The monoisotopic (exact) mass is 347 g/mol. The van der Waals surface area contributed by atoms with E-state index in [9.17, 15) is 0 Å². The molecule has 0 unspecified atom stereocenters. The van der Waals surface area contributed by atoms with Crippen LogP contribution < -0.4 is 10.2 Å². The van der Waals surface area contributed by atoms with Crippen molar-refractivity contribution in [1.82, 2.24) is 10.3 Å². The van der Waals surface area contributed by atoms with Gasteiger partial charge >= 0.3 is 0 Å². The van der Waals surface area contributed by atoms with Crippen molar-refractivity contribution in [1.29, 1.82) is 0 Å². The van der Waals surface area contributed by atoms with Gasteiger partial charge in [-0.05, 0) is 51.3 Å². The van der Waals surface area contributed by atoms with Crippen LogP contribution in [0.25, 0.3) is 0 Å². The van der Waals surface area contributed by atoms with Crippen LogP contribution in [0, 0.1) is 0 Å². The van der Waals surface area contributed by atoms with Gasteiger partial charge in [0.15, 0.2) is 0 Å². The first-order valence-corrected chi connectivity index (χ1v) is 7.97. The minimum absolute atomic E-state index is 0.498. The van der Waals surface area contributed by atoms with E-state index in [0.29, 0.717) is 6.04 Å². The standard InChI is InChI=1S/C17H22BrN3/c1-13(2)20-11-15-4-5-17(16(18)10-15)21(3)12-14-6-8-19-9-7-14/h4-10,13,20H,11-12H2,1-3H3. The summed E-state index contributed by atoms with van der Waals surface area (Å²) in [7, 11) is 2.10. The molecule has 1 aromatic heterocycles. The van der Waals surface area contributed by atoms with Gasteiger partial charge in [0.05, 0.1) is 5.69 Å². The Morgan fingerprint density at radius 3 is 2.48 bits per heavy atom. The fraction of sp³-hybridized carbons (Fsp3) is 0.353. The Bertz CT molecular complexity index is 570. The Kier molecular flexibility index (Phi) is 5.76. The lowest BCUT2D eigenvalue weighted by atomic mass is 10.1. The third-order valence-electron chi connectivity index (χ3n) is 3.31. The van der Waals surface area contributed by atoms with Crippen LogP contribution >= 0.6 is 15.9 Å². The van der Waals surface area contributed by atoms with Crippen molar-refractivity contribution in [2.75, 3.05) is 11.9 Å². The number of nitrogens with zero attached hydrogens (tertiary/aromatic N) is 2. The molecular weight excluding hydrogens is 326 g/mol. The Balaban J connectivity index is 2.06. The van der Waals surface area contributed by atoms with Gasteiger partial charge in [-0.2, -0.15) is 0 Å². The molecule has 0 saturated carbocycles. The zero-order valence-electron chi connectivity index (χ0n) is 12.8. The Morgan fingerprint density at radius 2 is 1.86 bits per heavy atom. The van der Waals surface area contributed by atoms with Gasteiger partial charge in [0.2, 0.25) is 0 Å². The second kappa shape index (κ2) is 7.57. The highest BCUT2D eigenvalue weighted by atomic mass is 79.9. The topological polar surface area (TPSA) is 28.2 Å². The van der Waals surface area contributed by atoms with E-state index in [-0.39, 0.29) is 0 Å². The summed E-state index contributed by atoms with van der Waals surface area (Å²) in [5, 5.41) is 3.44. The molecule has 0 aliphatic rings. The molecular formula is C17H22BrN3. The first kappa shape index (κ1) is 16.0. The smallest absolute Gasteiger partial charge is 0.0511 e. The fourth-order valence-electron chi connectivity index (χ4n) is 2.14. The summed E-state index contributed by atoms with van der Waals surface area (Å²) in [6, 6.07) is 11.1. The van der Waals surface area contributed by atoms with Crippen LogP contribution in [0.4, 0.5) is 5.69 Å². The highest BCUT2D eigenvalue weighted by molar-refractivity contribution is 9.10. The molecule has 1 aromatic carbocycles. The number of hydrogen-bond acceptors (Lipinski definition) is 3. The van der Waals surface area contributed by atoms with Gasteiger partial charge in [0.25, 0.3) is 0 Å². The lowest BCUT2D eigenvalue weighted by Crippen LogP contribution is -2.22. The second-order valence-corrected chi connectivity index (χ2v) is 6.39. The number of nitrogens with one attached hydrogen (secondary N) is 1. The summed E-state index contributed by atoms with van der Waals surface area (Å²) in [4.78, 5) is 6.29. The highest BCUT2D eigenvalue weighted by Gasteiger charge is 2.07. The maximum atomic E-state index is 4.05. The van der Waals surface area contributed by atoms with Crippen LogP contribution in [0.1, 0.15) is 25.0 Å². The molecule has 1 N–H and O–H groups in total. The highest BCUT2D eigenvalue weighted by Crippen LogP contribution is 2.27. The molecule has 4 heteroatoms. The van der Waals surface area contributed by atoms with Crippen LogP contribution in [0.15, 0.2) is 47.2 Å². The average Bonchev–Trinajstić information content (AvgIpc) is 2.46. The van der Waals surface area contributed by atoms with Crippen LogP contribution in [0.3, 0.4) is 0 Å². The van der Waals surface area contributed by atoms with Gasteiger partial charge in [-0.1, -0.05) is 19.9 Å². The van der Waals surface area contributed by atoms with E-state index in [1.54, 1.807) is 0 Å². The predicted molar refractivity (Wildman–Crippen MR) is 92.5 cm³/mol. The average molecular weight is 348 g/mol. The Morgan fingerprint density at radius 1 is 1.14 bits per heavy atom. The summed E-state index contributed by atoms with van der Waals surface area (Å²) < 4.78 is 1.13. The third kappa shape index (κ3) is 4.83. The number of hydrogen-bond donors (Lipinski definition) is 1. The van der Waals surface area contributed by atoms with Crippen LogP contribution in [-0.2, 0) is 13.1 Å².